The van der Waals surface area contributed by atoms with Crippen LogP contribution >= 0.6 is 0 Å². The van der Waals surface area contributed by atoms with Crippen molar-refractivity contribution in [1.82, 2.24) is 14.9 Å². The fourth-order valence-corrected chi connectivity index (χ4v) is 2.83. The number of rotatable bonds is 7. The van der Waals surface area contributed by atoms with Crippen molar-refractivity contribution in [2.75, 3.05) is 6.61 Å². The van der Waals surface area contributed by atoms with Gasteiger partial charge in [-0.3, -0.25) is 0 Å². The van der Waals surface area contributed by atoms with Gasteiger partial charge in [0.2, 0.25) is 5.89 Å². The molecule has 0 amide bonds. The third-order valence-electron chi connectivity index (χ3n) is 3.40. The molecule has 0 saturated heterocycles. The molecule has 7 heteroatoms. The van der Waals surface area contributed by atoms with Crippen molar-refractivity contribution in [3.05, 3.63) is 47.6 Å². The van der Waals surface area contributed by atoms with Crippen molar-refractivity contribution in [1.29, 1.82) is 0 Å². The molecule has 1 N–H and O–H groups in total. The van der Waals surface area contributed by atoms with Crippen LogP contribution < -0.4 is 4.72 Å². The Morgan fingerprint density at radius 2 is 1.88 bits per heavy atom. The molecule has 0 saturated carbocycles. The highest BCUT2D eigenvalue weighted by Crippen LogP contribution is 2.22. The van der Waals surface area contributed by atoms with Gasteiger partial charge in [-0.05, 0) is 33.3 Å². The lowest BCUT2D eigenvalue weighted by molar-refractivity contribution is 0.0683. The fourth-order valence-electron chi connectivity index (χ4n) is 1.97. The topological polar surface area (TPSA) is 77.2 Å². The maximum atomic E-state index is 12.6. The number of aromatic nitrogens is 2. The zero-order chi connectivity index (χ0) is 17.8. The van der Waals surface area contributed by atoms with E-state index in [0.717, 1.165) is 5.56 Å². The summed E-state index contributed by atoms with van der Waals surface area (Å²) in [5.41, 5.74) is 0.256. The molecule has 0 aliphatic rings. The van der Waals surface area contributed by atoms with Gasteiger partial charge in [0, 0.05) is 6.92 Å². The molecule has 2 atom stereocenters. The molecule has 0 aliphatic carbocycles. The van der Waals surface area contributed by atoms with E-state index < -0.39 is 21.3 Å². The highest BCUT2D eigenvalue weighted by Gasteiger charge is 2.36. The van der Waals surface area contributed by atoms with Gasteiger partial charge in [0.1, 0.15) is 5.54 Å². The largest absolute Gasteiger partial charge is 0.374 e. The van der Waals surface area contributed by atoms with Crippen LogP contribution in [0.3, 0.4) is 0 Å². The first-order valence-electron chi connectivity index (χ1n) is 7.83. The molecule has 0 aliphatic heterocycles. The first-order valence-corrected chi connectivity index (χ1v) is 8.98. The predicted octanol–water partition coefficient (Wildman–Crippen LogP) is 2.86. The molecular formula is C17H25N3O3S. The first kappa shape index (κ1) is 18.8. The highest BCUT2D eigenvalue weighted by molar-refractivity contribution is 7.84. The highest BCUT2D eigenvalue weighted by atomic mass is 32.2. The monoisotopic (exact) mass is 351 g/mol. The van der Waals surface area contributed by atoms with Crippen molar-refractivity contribution in [3.63, 3.8) is 0 Å². The second kappa shape index (κ2) is 7.55. The number of nitrogens with zero attached hydrogens (tertiary/aromatic N) is 2. The molecule has 0 unspecified atom stereocenters. The van der Waals surface area contributed by atoms with E-state index in [0.29, 0.717) is 18.3 Å². The smallest absolute Gasteiger partial charge is 0.223 e. The Bertz CT molecular complexity index is 682. The van der Waals surface area contributed by atoms with E-state index in [1.807, 2.05) is 58.0 Å². The van der Waals surface area contributed by atoms with Crippen LogP contribution in [0.2, 0.25) is 0 Å². The summed E-state index contributed by atoms with van der Waals surface area (Å²) >= 11 is 0. The maximum absolute atomic E-state index is 12.6. The summed E-state index contributed by atoms with van der Waals surface area (Å²) in [6, 6.07) is 9.89. The standard InChI is InChI=1S/C17H25N3O3S/c1-13-18-15(19-23-13)17(5,20-24(21)16(2,3)4)12-22-11-14-9-7-6-8-10-14/h6-10,20H,11-12H2,1-5H3/t17-,24+/m1/s1. The molecule has 2 aromatic rings. The zero-order valence-electron chi connectivity index (χ0n) is 14.8. The van der Waals surface area contributed by atoms with Crippen molar-refractivity contribution in [2.24, 2.45) is 0 Å². The Labute approximate surface area is 145 Å². The van der Waals surface area contributed by atoms with Gasteiger partial charge in [-0.15, -0.1) is 0 Å². The summed E-state index contributed by atoms with van der Waals surface area (Å²) in [7, 11) is -1.30. The summed E-state index contributed by atoms with van der Waals surface area (Å²) in [5.74, 6) is 0.897. The number of aryl methyl sites for hydroxylation is 1. The summed E-state index contributed by atoms with van der Waals surface area (Å²) in [5, 5.41) is 3.99. The quantitative estimate of drug-likeness (QED) is 0.830. The van der Waals surface area contributed by atoms with Crippen LogP contribution in [0.15, 0.2) is 34.9 Å². The third kappa shape index (κ3) is 4.96. The zero-order valence-corrected chi connectivity index (χ0v) is 15.6. The summed E-state index contributed by atoms with van der Waals surface area (Å²) in [4.78, 5) is 4.29. The first-order chi connectivity index (χ1) is 11.2. The minimum atomic E-state index is -1.30. The Balaban J connectivity index is 2.12. The average molecular weight is 351 g/mol. The molecule has 1 aromatic carbocycles. The van der Waals surface area contributed by atoms with Crippen LogP contribution in [0, 0.1) is 6.92 Å². The van der Waals surface area contributed by atoms with Gasteiger partial charge in [0.05, 0.1) is 28.9 Å². The molecule has 0 spiro atoms. The van der Waals surface area contributed by atoms with Crippen LogP contribution in [-0.2, 0) is 27.9 Å². The van der Waals surface area contributed by atoms with Gasteiger partial charge >= 0.3 is 0 Å². The van der Waals surface area contributed by atoms with Crippen molar-refractivity contribution in [2.45, 2.75) is 51.5 Å². The number of ether oxygens (including phenoxy) is 1. The van der Waals surface area contributed by atoms with Crippen LogP contribution in [0.25, 0.3) is 0 Å². The fraction of sp³-hybridized carbons (Fsp3) is 0.529. The lowest BCUT2D eigenvalue weighted by Gasteiger charge is -2.30. The molecule has 1 heterocycles. The maximum Gasteiger partial charge on any atom is 0.223 e. The van der Waals surface area contributed by atoms with Crippen molar-refractivity contribution >= 4 is 11.0 Å². The minimum Gasteiger partial charge on any atom is -0.374 e. The predicted molar refractivity (Wildman–Crippen MR) is 93.5 cm³/mol. The number of hydrogen-bond acceptors (Lipinski definition) is 5. The van der Waals surface area contributed by atoms with Gasteiger partial charge in [-0.1, -0.05) is 35.5 Å². The van der Waals surface area contributed by atoms with E-state index >= 15 is 0 Å². The van der Waals surface area contributed by atoms with Gasteiger partial charge in [-0.25, -0.2) is 8.93 Å². The number of nitrogens with one attached hydrogen (secondary N) is 1. The third-order valence-corrected chi connectivity index (χ3v) is 5.15. The Hall–Kier alpha value is -1.57. The van der Waals surface area contributed by atoms with E-state index in [-0.39, 0.29) is 6.61 Å². The van der Waals surface area contributed by atoms with Crippen LogP contribution in [0.5, 0.6) is 0 Å². The van der Waals surface area contributed by atoms with Crippen molar-refractivity contribution in [3.8, 4) is 0 Å². The van der Waals surface area contributed by atoms with Gasteiger partial charge in [0.15, 0.2) is 5.82 Å². The number of hydrogen-bond donors (Lipinski definition) is 1. The molecule has 2 rings (SSSR count). The minimum absolute atomic E-state index is 0.267. The molecule has 0 radical (unpaired) electrons. The SMILES string of the molecule is Cc1nc([C@@](C)(COCc2ccccc2)N[S@@](=O)C(C)(C)C)no1. The second-order valence-corrected chi connectivity index (χ2v) is 8.90. The van der Waals surface area contributed by atoms with Crippen LogP contribution in [0.4, 0.5) is 0 Å². The molecule has 0 bridgehead atoms. The van der Waals surface area contributed by atoms with E-state index in [9.17, 15) is 4.21 Å². The van der Waals surface area contributed by atoms with Crippen molar-refractivity contribution < 1.29 is 13.5 Å². The summed E-state index contributed by atoms with van der Waals surface area (Å²) < 4.78 is 26.2. The molecule has 1 aromatic heterocycles. The Morgan fingerprint density at radius 3 is 2.42 bits per heavy atom. The van der Waals surface area contributed by atoms with Gasteiger partial charge in [0.25, 0.3) is 0 Å². The Morgan fingerprint density at radius 1 is 1.21 bits per heavy atom. The lowest BCUT2D eigenvalue weighted by atomic mass is 10.1. The summed E-state index contributed by atoms with van der Waals surface area (Å²) in [6.07, 6.45) is 0. The van der Waals surface area contributed by atoms with Crippen LogP contribution in [0.1, 0.15) is 45.0 Å². The van der Waals surface area contributed by atoms with E-state index in [1.165, 1.54) is 0 Å². The Kier molecular flexibility index (Phi) is 5.90. The van der Waals surface area contributed by atoms with Gasteiger partial charge < -0.3 is 9.26 Å². The average Bonchev–Trinajstić information content (AvgIpc) is 2.95. The second-order valence-electron chi connectivity index (χ2n) is 6.93. The summed E-state index contributed by atoms with van der Waals surface area (Å²) in [6.45, 7) is 10.0. The normalized spacial score (nSPS) is 15.9. The van der Waals surface area contributed by atoms with E-state index in [2.05, 4.69) is 14.9 Å². The lowest BCUT2D eigenvalue weighted by Crippen LogP contribution is -2.49. The molecular weight excluding hydrogens is 326 g/mol. The molecule has 6 nitrogen and oxygen atoms in total. The number of benzene rings is 1. The van der Waals surface area contributed by atoms with Gasteiger partial charge in [-0.2, -0.15) is 4.98 Å². The van der Waals surface area contributed by atoms with E-state index in [4.69, 9.17) is 9.26 Å². The molecule has 24 heavy (non-hydrogen) atoms. The van der Waals surface area contributed by atoms with E-state index in [1.54, 1.807) is 6.92 Å². The molecule has 0 fully saturated rings. The van der Waals surface area contributed by atoms with Crippen LogP contribution in [-0.4, -0.2) is 25.7 Å². The molecule has 132 valence electrons.